The van der Waals surface area contributed by atoms with E-state index < -0.39 is 12.1 Å². The quantitative estimate of drug-likeness (QED) is 0.766. The SMILES string of the molecule is O=C1c2ccccc2NC2C(=O)c3ccccc3NC12. The van der Waals surface area contributed by atoms with Gasteiger partial charge in [-0.15, -0.1) is 0 Å². The highest BCUT2D eigenvalue weighted by atomic mass is 16.1. The molecule has 2 aliphatic rings. The van der Waals surface area contributed by atoms with Gasteiger partial charge in [-0.05, 0) is 24.3 Å². The number of carbonyl (C=O) groups is 2. The summed E-state index contributed by atoms with van der Waals surface area (Å²) in [6.07, 6.45) is 0. The zero-order valence-electron chi connectivity index (χ0n) is 10.6. The van der Waals surface area contributed by atoms with Gasteiger partial charge in [-0.25, -0.2) is 0 Å². The first-order valence-electron chi connectivity index (χ1n) is 6.55. The monoisotopic (exact) mass is 264 g/mol. The second-order valence-electron chi connectivity index (χ2n) is 5.06. The standard InChI is InChI=1S/C16H12N2O2/c19-15-9-5-1-3-7-11(9)17-14-13(15)18-12-8-4-2-6-10(12)16(14)20/h1-8,13-14,17-18H. The first-order valence-corrected chi connectivity index (χ1v) is 6.55. The summed E-state index contributed by atoms with van der Waals surface area (Å²) in [6, 6.07) is 13.5. The summed E-state index contributed by atoms with van der Waals surface area (Å²) < 4.78 is 0. The lowest BCUT2D eigenvalue weighted by Gasteiger charge is -2.37. The number of carbonyl (C=O) groups excluding carboxylic acids is 2. The van der Waals surface area contributed by atoms with Crippen molar-refractivity contribution in [2.45, 2.75) is 12.1 Å². The van der Waals surface area contributed by atoms with E-state index in [1.54, 1.807) is 12.1 Å². The second-order valence-corrected chi connectivity index (χ2v) is 5.06. The number of fused-ring (bicyclic) bond motifs is 3. The Bertz CT molecular complexity index is 675. The van der Waals surface area contributed by atoms with Crippen LogP contribution in [0.1, 0.15) is 20.7 Å². The first-order chi connectivity index (χ1) is 9.75. The minimum atomic E-state index is -0.535. The molecule has 2 aromatic carbocycles. The molecule has 4 heteroatoms. The molecule has 0 saturated heterocycles. The number of anilines is 2. The van der Waals surface area contributed by atoms with Crippen molar-refractivity contribution in [1.82, 2.24) is 0 Å². The zero-order valence-corrected chi connectivity index (χ0v) is 10.6. The van der Waals surface area contributed by atoms with Crippen molar-refractivity contribution in [3.63, 3.8) is 0 Å². The van der Waals surface area contributed by atoms with E-state index in [9.17, 15) is 9.59 Å². The number of Topliss-reactive ketones (excluding diaryl/α,β-unsaturated/α-hetero) is 2. The Hall–Kier alpha value is -2.62. The van der Waals surface area contributed by atoms with Gasteiger partial charge in [0.05, 0.1) is 0 Å². The molecule has 0 saturated carbocycles. The molecule has 4 nitrogen and oxygen atoms in total. The van der Waals surface area contributed by atoms with E-state index in [2.05, 4.69) is 10.6 Å². The van der Waals surface area contributed by atoms with Crippen molar-refractivity contribution < 1.29 is 9.59 Å². The van der Waals surface area contributed by atoms with Crippen LogP contribution in [0.15, 0.2) is 48.5 Å². The highest BCUT2D eigenvalue weighted by Gasteiger charge is 2.43. The maximum atomic E-state index is 12.6. The van der Waals surface area contributed by atoms with Gasteiger partial charge in [0.15, 0.2) is 11.6 Å². The van der Waals surface area contributed by atoms with Gasteiger partial charge in [0, 0.05) is 22.5 Å². The average Bonchev–Trinajstić information content (AvgIpc) is 2.49. The molecule has 2 heterocycles. The molecule has 0 aromatic heterocycles. The molecule has 2 unspecified atom stereocenters. The predicted molar refractivity (Wildman–Crippen MR) is 76.4 cm³/mol. The Morgan fingerprint density at radius 2 is 1.05 bits per heavy atom. The third kappa shape index (κ3) is 1.42. The molecule has 2 N–H and O–H groups in total. The fourth-order valence-corrected chi connectivity index (χ4v) is 2.92. The van der Waals surface area contributed by atoms with Crippen LogP contribution < -0.4 is 10.6 Å². The maximum Gasteiger partial charge on any atom is 0.189 e. The van der Waals surface area contributed by atoms with Crippen molar-refractivity contribution >= 4 is 22.9 Å². The molecule has 0 bridgehead atoms. The van der Waals surface area contributed by atoms with E-state index in [0.717, 1.165) is 11.4 Å². The zero-order chi connectivity index (χ0) is 13.7. The third-order valence-electron chi connectivity index (χ3n) is 3.91. The average molecular weight is 264 g/mol. The van der Waals surface area contributed by atoms with Crippen LogP contribution in [0.3, 0.4) is 0 Å². The highest BCUT2D eigenvalue weighted by molar-refractivity contribution is 6.18. The van der Waals surface area contributed by atoms with Crippen molar-refractivity contribution in [3.05, 3.63) is 59.7 Å². The number of ketones is 2. The molecular weight excluding hydrogens is 252 g/mol. The normalized spacial score (nSPS) is 23.0. The largest absolute Gasteiger partial charge is 0.372 e. The van der Waals surface area contributed by atoms with Gasteiger partial charge in [-0.1, -0.05) is 24.3 Å². The summed E-state index contributed by atoms with van der Waals surface area (Å²) in [5.74, 6) is -0.0700. The topological polar surface area (TPSA) is 58.2 Å². The Morgan fingerprint density at radius 1 is 0.650 bits per heavy atom. The fourth-order valence-electron chi connectivity index (χ4n) is 2.92. The van der Waals surface area contributed by atoms with Crippen LogP contribution in [0.4, 0.5) is 11.4 Å². The van der Waals surface area contributed by atoms with Crippen molar-refractivity contribution in [2.75, 3.05) is 10.6 Å². The van der Waals surface area contributed by atoms with E-state index >= 15 is 0 Å². The second kappa shape index (κ2) is 3.93. The highest BCUT2D eigenvalue weighted by Crippen LogP contribution is 2.33. The molecule has 0 radical (unpaired) electrons. The number of para-hydroxylation sites is 2. The molecule has 2 aromatic rings. The van der Waals surface area contributed by atoms with Crippen LogP contribution >= 0.6 is 0 Å². The van der Waals surface area contributed by atoms with Crippen LogP contribution in [0.5, 0.6) is 0 Å². The smallest absolute Gasteiger partial charge is 0.189 e. The van der Waals surface area contributed by atoms with Gasteiger partial charge in [0.25, 0.3) is 0 Å². The third-order valence-corrected chi connectivity index (χ3v) is 3.91. The van der Waals surface area contributed by atoms with Crippen LogP contribution in [-0.4, -0.2) is 23.7 Å². The summed E-state index contributed by atoms with van der Waals surface area (Å²) in [7, 11) is 0. The van der Waals surface area contributed by atoms with Crippen LogP contribution in [0.2, 0.25) is 0 Å². The van der Waals surface area contributed by atoms with E-state index in [1.165, 1.54) is 0 Å². The molecule has 0 amide bonds. The van der Waals surface area contributed by atoms with Gasteiger partial charge in [0.2, 0.25) is 0 Å². The molecule has 0 aliphatic carbocycles. The molecule has 2 atom stereocenters. The number of hydrogen-bond donors (Lipinski definition) is 2. The lowest BCUT2D eigenvalue weighted by molar-refractivity contribution is 0.0876. The minimum Gasteiger partial charge on any atom is -0.372 e. The molecule has 4 rings (SSSR count). The molecule has 0 spiro atoms. The Labute approximate surface area is 115 Å². The van der Waals surface area contributed by atoms with Crippen molar-refractivity contribution in [2.24, 2.45) is 0 Å². The molecule has 20 heavy (non-hydrogen) atoms. The maximum absolute atomic E-state index is 12.6. The summed E-state index contributed by atoms with van der Waals surface area (Å²) in [4.78, 5) is 25.1. The lowest BCUT2D eigenvalue weighted by atomic mass is 9.84. The van der Waals surface area contributed by atoms with Crippen LogP contribution in [-0.2, 0) is 0 Å². The van der Waals surface area contributed by atoms with Gasteiger partial charge in [-0.3, -0.25) is 9.59 Å². The van der Waals surface area contributed by atoms with Crippen molar-refractivity contribution in [1.29, 1.82) is 0 Å². The molecule has 2 aliphatic heterocycles. The van der Waals surface area contributed by atoms with Gasteiger partial charge >= 0.3 is 0 Å². The summed E-state index contributed by atoms with van der Waals surface area (Å²) in [6.45, 7) is 0. The minimum absolute atomic E-state index is 0.0350. The Morgan fingerprint density at radius 3 is 1.50 bits per heavy atom. The van der Waals surface area contributed by atoms with E-state index in [0.29, 0.717) is 11.1 Å². The number of rotatable bonds is 0. The predicted octanol–water partition coefficient (Wildman–Crippen LogP) is 2.34. The summed E-state index contributed by atoms with van der Waals surface area (Å²) in [5.41, 5.74) is 2.73. The van der Waals surface area contributed by atoms with Crippen molar-refractivity contribution in [3.8, 4) is 0 Å². The fraction of sp³-hybridized carbons (Fsp3) is 0.125. The van der Waals surface area contributed by atoms with Gasteiger partial charge in [0.1, 0.15) is 12.1 Å². The Balaban J connectivity index is 1.84. The van der Waals surface area contributed by atoms with E-state index in [1.807, 2.05) is 36.4 Å². The first kappa shape index (κ1) is 11.2. The molecule has 0 fully saturated rings. The summed E-state index contributed by atoms with van der Waals surface area (Å²) in [5, 5.41) is 6.37. The number of nitrogens with one attached hydrogen (secondary N) is 2. The van der Waals surface area contributed by atoms with Crippen LogP contribution in [0, 0.1) is 0 Å². The Kier molecular flexibility index (Phi) is 2.21. The molecular formula is C16H12N2O2. The number of hydrogen-bond acceptors (Lipinski definition) is 4. The molecule has 98 valence electrons. The summed E-state index contributed by atoms with van der Waals surface area (Å²) >= 11 is 0. The van der Waals surface area contributed by atoms with E-state index in [4.69, 9.17) is 0 Å². The van der Waals surface area contributed by atoms with Gasteiger partial charge < -0.3 is 10.6 Å². The van der Waals surface area contributed by atoms with Gasteiger partial charge in [-0.2, -0.15) is 0 Å². The van der Waals surface area contributed by atoms with Crippen LogP contribution in [0.25, 0.3) is 0 Å². The lowest BCUT2D eigenvalue weighted by Crippen LogP contribution is -2.55. The van der Waals surface area contributed by atoms with E-state index in [-0.39, 0.29) is 11.6 Å². The number of benzene rings is 2.